The maximum Gasteiger partial charge on any atom is 0.145 e. The smallest absolute Gasteiger partial charge is 0.145 e. The van der Waals surface area contributed by atoms with Gasteiger partial charge in [-0.05, 0) is 18.0 Å². The van der Waals surface area contributed by atoms with Crippen LogP contribution in [0.1, 0.15) is 42.7 Å². The van der Waals surface area contributed by atoms with Gasteiger partial charge in [0.2, 0.25) is 0 Å². The van der Waals surface area contributed by atoms with Crippen LogP contribution in [0.5, 0.6) is 0 Å². The van der Waals surface area contributed by atoms with Crippen molar-refractivity contribution < 1.29 is 0 Å². The Hall–Kier alpha value is -1.34. The van der Waals surface area contributed by atoms with Gasteiger partial charge in [0.15, 0.2) is 0 Å². The van der Waals surface area contributed by atoms with Crippen LogP contribution in [0.25, 0.3) is 0 Å². The minimum atomic E-state index is 0.403. The quantitative estimate of drug-likeness (QED) is 0.854. The van der Waals surface area contributed by atoms with Crippen molar-refractivity contribution in [1.29, 1.82) is 0 Å². The average molecular weight is 278 g/mol. The lowest BCUT2D eigenvalue weighted by Gasteiger charge is -2.17. The molecule has 0 atom stereocenters. The third-order valence-electron chi connectivity index (χ3n) is 3.29. The van der Waals surface area contributed by atoms with Crippen molar-refractivity contribution in [2.75, 3.05) is 6.54 Å². The molecule has 0 unspecified atom stereocenters. The molecule has 1 aliphatic heterocycles. The Balaban J connectivity index is 1.69. The summed E-state index contributed by atoms with van der Waals surface area (Å²) in [6.07, 6.45) is 2.96. The molecule has 102 valence electrons. The molecule has 0 radical (unpaired) electrons. The molecule has 0 spiro atoms. The van der Waals surface area contributed by atoms with Crippen molar-refractivity contribution in [3.8, 4) is 0 Å². The standard InChI is InChI=1S/C12H18N6S/c1-9(2)12-14-11(19-15-12)8-17-4-3-5-18-10(7-17)6-13-16-18/h6,9H,3-5,7-8H2,1-2H3. The Morgan fingerprint density at radius 1 is 1.37 bits per heavy atom. The normalized spacial score (nSPS) is 16.6. The Bertz CT molecular complexity index is 546. The molecule has 0 fully saturated rings. The average Bonchev–Trinajstić information content (AvgIpc) is 2.96. The van der Waals surface area contributed by atoms with Gasteiger partial charge in [-0.15, -0.1) is 5.10 Å². The highest BCUT2D eigenvalue weighted by molar-refractivity contribution is 7.05. The van der Waals surface area contributed by atoms with Crippen LogP contribution in [0.15, 0.2) is 6.20 Å². The van der Waals surface area contributed by atoms with Gasteiger partial charge < -0.3 is 0 Å². The summed E-state index contributed by atoms with van der Waals surface area (Å²) in [4.78, 5) is 7.00. The van der Waals surface area contributed by atoms with E-state index in [9.17, 15) is 0 Å². The summed E-state index contributed by atoms with van der Waals surface area (Å²) in [7, 11) is 0. The highest BCUT2D eigenvalue weighted by Crippen LogP contribution is 2.17. The van der Waals surface area contributed by atoms with Crippen LogP contribution in [0, 0.1) is 0 Å². The van der Waals surface area contributed by atoms with Gasteiger partial charge in [0.25, 0.3) is 0 Å². The summed E-state index contributed by atoms with van der Waals surface area (Å²) in [5, 5.41) is 9.18. The van der Waals surface area contributed by atoms with Crippen LogP contribution in [-0.4, -0.2) is 35.8 Å². The Kier molecular flexibility index (Phi) is 3.56. The Labute approximate surface area is 116 Å². The van der Waals surface area contributed by atoms with Gasteiger partial charge >= 0.3 is 0 Å². The van der Waals surface area contributed by atoms with E-state index in [1.165, 1.54) is 17.2 Å². The summed E-state index contributed by atoms with van der Waals surface area (Å²) < 4.78 is 6.41. The molecule has 0 aromatic carbocycles. The van der Waals surface area contributed by atoms with Gasteiger partial charge in [-0.1, -0.05) is 19.1 Å². The third kappa shape index (κ3) is 2.82. The highest BCUT2D eigenvalue weighted by atomic mass is 32.1. The first-order valence-corrected chi connectivity index (χ1v) is 7.42. The number of nitrogens with zero attached hydrogens (tertiary/aromatic N) is 6. The van der Waals surface area contributed by atoms with Gasteiger partial charge in [-0.2, -0.15) is 4.37 Å². The van der Waals surface area contributed by atoms with E-state index in [2.05, 4.69) is 38.4 Å². The molecule has 3 rings (SSSR count). The van der Waals surface area contributed by atoms with Gasteiger partial charge in [-0.25, -0.2) is 9.67 Å². The van der Waals surface area contributed by atoms with Crippen LogP contribution in [0.2, 0.25) is 0 Å². The molecule has 0 saturated carbocycles. The van der Waals surface area contributed by atoms with E-state index in [4.69, 9.17) is 0 Å². The van der Waals surface area contributed by atoms with Crippen molar-refractivity contribution in [2.45, 2.75) is 45.8 Å². The predicted molar refractivity (Wildman–Crippen MR) is 72.8 cm³/mol. The van der Waals surface area contributed by atoms with Crippen molar-refractivity contribution in [3.63, 3.8) is 0 Å². The predicted octanol–water partition coefficient (Wildman–Crippen LogP) is 1.66. The molecule has 3 heterocycles. The maximum atomic E-state index is 4.61. The van der Waals surface area contributed by atoms with Crippen LogP contribution in [-0.2, 0) is 19.6 Å². The first-order chi connectivity index (χ1) is 9.22. The van der Waals surface area contributed by atoms with Gasteiger partial charge in [0.1, 0.15) is 10.8 Å². The lowest BCUT2D eigenvalue weighted by atomic mass is 10.2. The molecule has 6 nitrogen and oxygen atoms in total. The van der Waals surface area contributed by atoms with Crippen molar-refractivity contribution in [1.82, 2.24) is 29.3 Å². The number of fused-ring (bicyclic) bond motifs is 1. The molecule has 0 saturated heterocycles. The summed E-state index contributed by atoms with van der Waals surface area (Å²) in [6.45, 7) is 8.04. The first-order valence-electron chi connectivity index (χ1n) is 6.64. The van der Waals surface area contributed by atoms with Crippen molar-refractivity contribution >= 4 is 11.5 Å². The summed E-state index contributed by atoms with van der Waals surface area (Å²) in [5.41, 5.74) is 1.19. The molecule has 0 bridgehead atoms. The molecular weight excluding hydrogens is 260 g/mol. The summed E-state index contributed by atoms with van der Waals surface area (Å²) in [6, 6.07) is 0. The molecule has 0 amide bonds. The van der Waals surface area contributed by atoms with Crippen LogP contribution in [0.4, 0.5) is 0 Å². The zero-order valence-electron chi connectivity index (χ0n) is 11.3. The molecule has 7 heteroatoms. The Morgan fingerprint density at radius 2 is 2.26 bits per heavy atom. The van der Waals surface area contributed by atoms with Gasteiger partial charge in [-0.3, -0.25) is 4.90 Å². The zero-order valence-corrected chi connectivity index (χ0v) is 12.1. The minimum Gasteiger partial charge on any atom is -0.291 e. The number of hydrogen-bond acceptors (Lipinski definition) is 6. The zero-order chi connectivity index (χ0) is 13.2. The molecule has 2 aromatic heterocycles. The fourth-order valence-electron chi connectivity index (χ4n) is 2.23. The third-order valence-corrected chi connectivity index (χ3v) is 4.00. The minimum absolute atomic E-state index is 0.403. The van der Waals surface area contributed by atoms with E-state index in [0.717, 1.165) is 43.4 Å². The lowest BCUT2D eigenvalue weighted by molar-refractivity contribution is 0.260. The van der Waals surface area contributed by atoms with E-state index < -0.39 is 0 Å². The first kappa shape index (κ1) is 12.7. The maximum absolute atomic E-state index is 4.61. The molecule has 0 N–H and O–H groups in total. The van der Waals surface area contributed by atoms with Crippen molar-refractivity contribution in [2.24, 2.45) is 0 Å². The molecule has 0 aliphatic carbocycles. The van der Waals surface area contributed by atoms with Crippen LogP contribution >= 0.6 is 11.5 Å². The summed E-state index contributed by atoms with van der Waals surface area (Å²) in [5.74, 6) is 1.36. The monoisotopic (exact) mass is 278 g/mol. The second kappa shape index (κ2) is 5.34. The second-order valence-electron chi connectivity index (χ2n) is 5.21. The Morgan fingerprint density at radius 3 is 3.05 bits per heavy atom. The molecule has 1 aliphatic rings. The number of hydrogen-bond donors (Lipinski definition) is 0. The van der Waals surface area contributed by atoms with Gasteiger partial charge in [0.05, 0.1) is 18.4 Å². The number of rotatable bonds is 3. The molecule has 2 aromatic rings. The number of aromatic nitrogens is 5. The van der Waals surface area contributed by atoms with E-state index in [1.807, 2.05) is 10.9 Å². The van der Waals surface area contributed by atoms with Crippen LogP contribution in [0.3, 0.4) is 0 Å². The van der Waals surface area contributed by atoms with E-state index in [-0.39, 0.29) is 0 Å². The molecule has 19 heavy (non-hydrogen) atoms. The fraction of sp³-hybridized carbons (Fsp3) is 0.667. The highest BCUT2D eigenvalue weighted by Gasteiger charge is 2.17. The largest absolute Gasteiger partial charge is 0.291 e. The summed E-state index contributed by atoms with van der Waals surface area (Å²) >= 11 is 1.52. The van der Waals surface area contributed by atoms with E-state index in [0.29, 0.717) is 5.92 Å². The molecular formula is C12H18N6S. The number of aryl methyl sites for hydroxylation is 1. The topological polar surface area (TPSA) is 59.7 Å². The fourth-order valence-corrected chi connectivity index (χ4v) is 3.06. The second-order valence-corrected chi connectivity index (χ2v) is 6.05. The van der Waals surface area contributed by atoms with Crippen molar-refractivity contribution in [3.05, 3.63) is 22.7 Å². The SMILES string of the molecule is CC(C)c1nsc(CN2CCCn3nncc3C2)n1. The van der Waals surface area contributed by atoms with Crippen LogP contribution < -0.4 is 0 Å². The lowest BCUT2D eigenvalue weighted by Crippen LogP contribution is -2.22. The van der Waals surface area contributed by atoms with E-state index >= 15 is 0 Å². The van der Waals surface area contributed by atoms with Gasteiger partial charge in [0, 0.05) is 25.6 Å². The van der Waals surface area contributed by atoms with E-state index in [1.54, 1.807) is 0 Å².